The Bertz CT molecular complexity index is 1400. The maximum absolute atomic E-state index is 13.0. The number of hydrogen-bond donors (Lipinski definition) is 2. The number of amides is 4. The molecule has 0 bridgehead atoms. The van der Waals surface area contributed by atoms with Gasteiger partial charge < -0.3 is 19.5 Å². The van der Waals surface area contributed by atoms with Crippen molar-refractivity contribution in [3.8, 4) is 23.3 Å². The molecular weight excluding hydrogens is 436 g/mol. The number of urea groups is 1. The summed E-state index contributed by atoms with van der Waals surface area (Å²) in [6.45, 7) is 2.05. The number of methoxy groups -OCH3 is 1. The van der Waals surface area contributed by atoms with Crippen LogP contribution in [0.3, 0.4) is 0 Å². The number of benzene rings is 1. The summed E-state index contributed by atoms with van der Waals surface area (Å²) >= 11 is 0. The third kappa shape index (κ3) is 3.63. The van der Waals surface area contributed by atoms with Crippen LogP contribution in [0.25, 0.3) is 5.69 Å². The Morgan fingerprint density at radius 3 is 2.76 bits per heavy atom. The summed E-state index contributed by atoms with van der Waals surface area (Å²) in [6, 6.07) is 6.40. The molecule has 0 saturated carbocycles. The lowest BCUT2D eigenvalue weighted by Crippen LogP contribution is -2.54. The Morgan fingerprint density at radius 2 is 2.06 bits per heavy atom. The highest BCUT2D eigenvalue weighted by Gasteiger charge is 2.48. The summed E-state index contributed by atoms with van der Waals surface area (Å²) in [5, 5.41) is 4.84. The van der Waals surface area contributed by atoms with Gasteiger partial charge in [-0.25, -0.2) is 9.78 Å². The van der Waals surface area contributed by atoms with E-state index in [9.17, 15) is 14.4 Å². The van der Waals surface area contributed by atoms with Crippen molar-refractivity contribution in [3.05, 3.63) is 71.6 Å². The van der Waals surface area contributed by atoms with E-state index in [0.29, 0.717) is 23.4 Å². The number of fused-ring (bicyclic) bond motifs is 1. The second kappa shape index (κ2) is 8.04. The number of rotatable bonds is 4. The fourth-order valence-electron chi connectivity index (χ4n) is 4.07. The van der Waals surface area contributed by atoms with E-state index in [1.807, 2.05) is 17.6 Å². The molecule has 1 saturated heterocycles. The van der Waals surface area contributed by atoms with Gasteiger partial charge in [-0.15, -0.1) is 0 Å². The van der Waals surface area contributed by atoms with Crippen molar-refractivity contribution in [2.75, 3.05) is 13.7 Å². The summed E-state index contributed by atoms with van der Waals surface area (Å²) < 4.78 is 7.07. The second-order valence-corrected chi connectivity index (χ2v) is 8.02. The fourth-order valence-corrected chi connectivity index (χ4v) is 4.07. The van der Waals surface area contributed by atoms with Gasteiger partial charge in [-0.3, -0.25) is 19.9 Å². The molecule has 34 heavy (non-hydrogen) atoms. The van der Waals surface area contributed by atoms with Gasteiger partial charge in [-0.05, 0) is 30.7 Å². The summed E-state index contributed by atoms with van der Waals surface area (Å²) in [4.78, 5) is 47.8. The standard InChI is InChI=1S/C24H20N6O4/c1-15-26-7-8-30(15)18-9-16(11-25-12-18)5-6-24(22(32)27-23(33)28-24)14-29-13-17-3-4-19(34-2)10-20(17)21(29)31/h3-4,7-12H,13-14H2,1-2H3,(H2,27,28,32,33)/t24-/m1/s1. The number of imide groups is 1. The van der Waals surface area contributed by atoms with E-state index < -0.39 is 17.5 Å². The highest BCUT2D eigenvalue weighted by molar-refractivity contribution is 6.10. The van der Waals surface area contributed by atoms with E-state index in [2.05, 4.69) is 32.4 Å². The Kier molecular flexibility index (Phi) is 5.02. The van der Waals surface area contributed by atoms with Crippen LogP contribution in [0.1, 0.15) is 27.3 Å². The number of hydrogen-bond acceptors (Lipinski definition) is 6. The van der Waals surface area contributed by atoms with Crippen molar-refractivity contribution < 1.29 is 19.1 Å². The lowest BCUT2D eigenvalue weighted by Gasteiger charge is -2.26. The first-order valence-corrected chi connectivity index (χ1v) is 10.5. The number of aryl methyl sites for hydroxylation is 1. The number of pyridine rings is 1. The average Bonchev–Trinajstić information content (AvgIpc) is 3.48. The maximum atomic E-state index is 13.0. The number of carbonyl (C=O) groups excluding carboxylic acids is 3. The predicted molar refractivity (Wildman–Crippen MR) is 120 cm³/mol. The number of aromatic nitrogens is 3. The minimum Gasteiger partial charge on any atom is -0.497 e. The van der Waals surface area contributed by atoms with E-state index in [0.717, 1.165) is 17.1 Å². The second-order valence-electron chi connectivity index (χ2n) is 8.02. The van der Waals surface area contributed by atoms with Gasteiger partial charge in [0.1, 0.15) is 11.6 Å². The normalized spacial score (nSPS) is 18.8. The van der Waals surface area contributed by atoms with Crippen LogP contribution < -0.4 is 15.4 Å². The monoisotopic (exact) mass is 456 g/mol. The van der Waals surface area contributed by atoms with E-state index in [1.165, 1.54) is 12.0 Å². The van der Waals surface area contributed by atoms with Gasteiger partial charge >= 0.3 is 6.03 Å². The fraction of sp³-hybridized carbons (Fsp3) is 0.208. The van der Waals surface area contributed by atoms with Crippen LogP contribution in [0.2, 0.25) is 0 Å². The topological polar surface area (TPSA) is 118 Å². The molecule has 0 spiro atoms. The molecule has 4 heterocycles. The van der Waals surface area contributed by atoms with Gasteiger partial charge in [0.05, 0.1) is 25.5 Å². The van der Waals surface area contributed by atoms with E-state index in [4.69, 9.17) is 4.74 Å². The number of ether oxygens (including phenoxy) is 1. The smallest absolute Gasteiger partial charge is 0.323 e. The predicted octanol–water partition coefficient (Wildman–Crippen LogP) is 1.17. The van der Waals surface area contributed by atoms with E-state index >= 15 is 0 Å². The number of imidazole rings is 1. The van der Waals surface area contributed by atoms with Crippen LogP contribution in [0.15, 0.2) is 49.1 Å². The molecule has 10 nitrogen and oxygen atoms in total. The van der Waals surface area contributed by atoms with Gasteiger partial charge in [0.25, 0.3) is 11.8 Å². The Hall–Kier alpha value is -4.65. The van der Waals surface area contributed by atoms with Gasteiger partial charge in [0, 0.05) is 36.3 Å². The van der Waals surface area contributed by atoms with Gasteiger partial charge in [-0.1, -0.05) is 17.9 Å². The molecular formula is C24H20N6O4. The van der Waals surface area contributed by atoms with Crippen LogP contribution in [0, 0.1) is 18.8 Å². The number of carbonyl (C=O) groups is 3. The lowest BCUT2D eigenvalue weighted by molar-refractivity contribution is -0.122. The zero-order valence-electron chi connectivity index (χ0n) is 18.5. The van der Waals surface area contributed by atoms with Gasteiger partial charge in [-0.2, -0.15) is 0 Å². The largest absolute Gasteiger partial charge is 0.497 e. The zero-order chi connectivity index (χ0) is 23.9. The summed E-state index contributed by atoms with van der Waals surface area (Å²) in [7, 11) is 1.53. The number of nitrogens with zero attached hydrogens (tertiary/aromatic N) is 4. The maximum Gasteiger partial charge on any atom is 0.323 e. The Labute approximate surface area is 194 Å². The van der Waals surface area contributed by atoms with Crippen molar-refractivity contribution in [3.63, 3.8) is 0 Å². The number of nitrogens with one attached hydrogen (secondary N) is 2. The highest BCUT2D eigenvalue weighted by atomic mass is 16.5. The quantitative estimate of drug-likeness (QED) is 0.450. The molecule has 2 aliphatic rings. The minimum atomic E-state index is -1.60. The summed E-state index contributed by atoms with van der Waals surface area (Å²) in [6.07, 6.45) is 6.73. The van der Waals surface area contributed by atoms with Crippen molar-refractivity contribution >= 4 is 17.8 Å². The van der Waals surface area contributed by atoms with Crippen LogP contribution in [-0.2, 0) is 11.3 Å². The van der Waals surface area contributed by atoms with Crippen LogP contribution >= 0.6 is 0 Å². The molecule has 10 heteroatoms. The lowest BCUT2D eigenvalue weighted by atomic mass is 9.99. The molecule has 1 aromatic carbocycles. The first-order valence-electron chi connectivity index (χ1n) is 10.5. The van der Waals surface area contributed by atoms with Gasteiger partial charge in [0.2, 0.25) is 5.54 Å². The average molecular weight is 456 g/mol. The van der Waals surface area contributed by atoms with Crippen LogP contribution in [0.4, 0.5) is 4.79 Å². The first-order chi connectivity index (χ1) is 16.4. The van der Waals surface area contributed by atoms with Crippen molar-refractivity contribution in [2.45, 2.75) is 19.0 Å². The van der Waals surface area contributed by atoms with Gasteiger partial charge in [0.15, 0.2) is 0 Å². The molecule has 2 aromatic heterocycles. The van der Waals surface area contributed by atoms with Crippen molar-refractivity contribution in [2.24, 2.45) is 0 Å². The molecule has 1 fully saturated rings. The van der Waals surface area contributed by atoms with Crippen molar-refractivity contribution in [1.29, 1.82) is 0 Å². The molecule has 5 rings (SSSR count). The molecule has 2 aliphatic heterocycles. The molecule has 0 unspecified atom stereocenters. The third-order valence-electron chi connectivity index (χ3n) is 5.81. The molecule has 4 amide bonds. The third-order valence-corrected chi connectivity index (χ3v) is 5.81. The minimum absolute atomic E-state index is 0.110. The highest BCUT2D eigenvalue weighted by Crippen LogP contribution is 2.28. The van der Waals surface area contributed by atoms with E-state index in [-0.39, 0.29) is 12.5 Å². The van der Waals surface area contributed by atoms with E-state index in [1.54, 1.807) is 43.0 Å². The molecule has 0 radical (unpaired) electrons. The summed E-state index contributed by atoms with van der Waals surface area (Å²) in [5.74, 6) is 6.33. The molecule has 170 valence electrons. The molecule has 3 aromatic rings. The molecule has 1 atom stereocenters. The van der Waals surface area contributed by atoms with Crippen molar-refractivity contribution in [1.82, 2.24) is 30.1 Å². The molecule has 0 aliphatic carbocycles. The Balaban J connectivity index is 1.46. The van der Waals surface area contributed by atoms with Crippen LogP contribution in [-0.4, -0.2) is 56.5 Å². The Morgan fingerprint density at radius 1 is 1.21 bits per heavy atom. The summed E-state index contributed by atoms with van der Waals surface area (Å²) in [5.41, 5.74) is 1.01. The molecule has 2 N–H and O–H groups in total. The SMILES string of the molecule is COc1ccc2c(c1)C(=O)N(C[C@@]1(C#Cc3cncc(-n4ccnc4C)c3)NC(=O)NC1=O)C2. The zero-order valence-corrected chi connectivity index (χ0v) is 18.5. The first kappa shape index (κ1) is 21.2. The van der Waals surface area contributed by atoms with Crippen LogP contribution in [0.5, 0.6) is 5.75 Å².